The molecule has 3 rings (SSSR count). The van der Waals surface area contributed by atoms with Gasteiger partial charge in [-0.25, -0.2) is 9.78 Å². The van der Waals surface area contributed by atoms with Crippen LogP contribution in [0.1, 0.15) is 28.5 Å². The number of methoxy groups -OCH3 is 1. The number of hydrogen-bond donors (Lipinski definition) is 0. The van der Waals surface area contributed by atoms with Gasteiger partial charge in [0.05, 0.1) is 25.0 Å². The Morgan fingerprint density at radius 3 is 2.70 bits per heavy atom. The zero-order valence-corrected chi connectivity index (χ0v) is 15.4. The molecule has 0 spiro atoms. The van der Waals surface area contributed by atoms with Crippen molar-refractivity contribution in [3.63, 3.8) is 0 Å². The Kier molecular flexibility index (Phi) is 5.40. The monoisotopic (exact) mass is 368 g/mol. The predicted molar refractivity (Wildman–Crippen MR) is 99.5 cm³/mol. The van der Waals surface area contributed by atoms with Crippen molar-refractivity contribution < 1.29 is 19.0 Å². The summed E-state index contributed by atoms with van der Waals surface area (Å²) in [5.41, 5.74) is 1.94. The van der Waals surface area contributed by atoms with Gasteiger partial charge in [-0.3, -0.25) is 9.20 Å². The highest BCUT2D eigenvalue weighted by Crippen LogP contribution is 2.28. The van der Waals surface area contributed by atoms with Gasteiger partial charge >= 0.3 is 5.97 Å². The number of ether oxygens (including phenoxy) is 3. The maximum atomic E-state index is 12.3. The van der Waals surface area contributed by atoms with E-state index in [2.05, 4.69) is 4.98 Å². The van der Waals surface area contributed by atoms with E-state index < -0.39 is 5.97 Å². The highest BCUT2D eigenvalue weighted by molar-refractivity contribution is 5.90. The minimum atomic E-state index is -0.540. The van der Waals surface area contributed by atoms with E-state index in [0.29, 0.717) is 35.0 Å². The first-order valence-electron chi connectivity index (χ1n) is 8.48. The maximum Gasteiger partial charge on any atom is 0.338 e. The number of carbonyl (C=O) groups excluding carboxylic acids is 1. The molecule has 2 aromatic heterocycles. The third kappa shape index (κ3) is 4.08. The van der Waals surface area contributed by atoms with Gasteiger partial charge in [0.1, 0.15) is 12.3 Å². The second-order valence-corrected chi connectivity index (χ2v) is 5.90. The number of nitrogens with zero attached hydrogens (tertiary/aromatic N) is 2. The topological polar surface area (TPSA) is 79.1 Å². The lowest BCUT2D eigenvalue weighted by Crippen LogP contribution is -2.17. The summed E-state index contributed by atoms with van der Waals surface area (Å²) < 4.78 is 17.4. The van der Waals surface area contributed by atoms with Gasteiger partial charge in [0.15, 0.2) is 11.5 Å². The Balaban J connectivity index is 1.77. The molecule has 0 radical (unpaired) electrons. The van der Waals surface area contributed by atoms with Crippen LogP contribution in [0.25, 0.3) is 5.65 Å². The minimum absolute atomic E-state index is 0.103. The lowest BCUT2D eigenvalue weighted by atomic mass is 10.2. The van der Waals surface area contributed by atoms with Gasteiger partial charge in [0, 0.05) is 12.3 Å². The summed E-state index contributed by atoms with van der Waals surface area (Å²) in [5.74, 6) is 0.460. The molecule has 0 unspecified atom stereocenters. The number of aryl methyl sites for hydroxylation is 1. The van der Waals surface area contributed by atoms with Crippen LogP contribution in [-0.2, 0) is 11.3 Å². The molecule has 27 heavy (non-hydrogen) atoms. The third-order valence-corrected chi connectivity index (χ3v) is 3.91. The molecule has 0 aliphatic rings. The van der Waals surface area contributed by atoms with E-state index in [4.69, 9.17) is 14.2 Å². The minimum Gasteiger partial charge on any atom is -0.493 e. The van der Waals surface area contributed by atoms with E-state index >= 15 is 0 Å². The molecule has 0 bridgehead atoms. The average Bonchev–Trinajstić information content (AvgIpc) is 2.67. The van der Waals surface area contributed by atoms with Crippen molar-refractivity contribution in [3.05, 3.63) is 69.8 Å². The first-order valence-corrected chi connectivity index (χ1v) is 8.48. The SMILES string of the molecule is CCOc1ccc(C(=O)OCc2cc(=O)n3cc(C)ccc3n2)cc1OC. The summed E-state index contributed by atoms with van der Waals surface area (Å²) in [6.45, 7) is 4.14. The van der Waals surface area contributed by atoms with Gasteiger partial charge in [-0.05, 0) is 43.7 Å². The number of pyridine rings is 1. The fourth-order valence-corrected chi connectivity index (χ4v) is 2.62. The molecule has 140 valence electrons. The Hall–Kier alpha value is -3.35. The second-order valence-electron chi connectivity index (χ2n) is 5.90. The number of benzene rings is 1. The third-order valence-electron chi connectivity index (χ3n) is 3.91. The van der Waals surface area contributed by atoms with E-state index in [1.54, 1.807) is 30.5 Å². The van der Waals surface area contributed by atoms with Crippen LogP contribution < -0.4 is 15.0 Å². The number of fused-ring (bicyclic) bond motifs is 1. The van der Waals surface area contributed by atoms with Gasteiger partial charge in [-0.2, -0.15) is 0 Å². The Labute approximate surface area is 156 Å². The number of hydrogen-bond acceptors (Lipinski definition) is 6. The molecular formula is C20H20N2O5. The van der Waals surface area contributed by atoms with Crippen molar-refractivity contribution in [2.45, 2.75) is 20.5 Å². The summed E-state index contributed by atoms with van der Waals surface area (Å²) in [4.78, 5) is 28.9. The van der Waals surface area contributed by atoms with E-state index in [0.717, 1.165) is 5.56 Å². The largest absolute Gasteiger partial charge is 0.493 e. The van der Waals surface area contributed by atoms with Crippen molar-refractivity contribution in [3.8, 4) is 11.5 Å². The molecule has 3 aromatic rings. The van der Waals surface area contributed by atoms with Crippen LogP contribution in [-0.4, -0.2) is 29.1 Å². The molecule has 0 amide bonds. The maximum absolute atomic E-state index is 12.3. The number of carbonyl (C=O) groups is 1. The quantitative estimate of drug-likeness (QED) is 0.623. The lowest BCUT2D eigenvalue weighted by molar-refractivity contribution is 0.0467. The Morgan fingerprint density at radius 2 is 1.96 bits per heavy atom. The van der Waals surface area contributed by atoms with E-state index in [1.165, 1.54) is 17.6 Å². The average molecular weight is 368 g/mol. The molecule has 7 nitrogen and oxygen atoms in total. The Morgan fingerprint density at radius 1 is 1.15 bits per heavy atom. The molecule has 0 saturated heterocycles. The smallest absolute Gasteiger partial charge is 0.338 e. The van der Waals surface area contributed by atoms with Crippen LogP contribution in [0.3, 0.4) is 0 Å². The van der Waals surface area contributed by atoms with Gasteiger partial charge in [0.25, 0.3) is 5.56 Å². The van der Waals surface area contributed by atoms with Crippen molar-refractivity contribution in [2.75, 3.05) is 13.7 Å². The zero-order valence-electron chi connectivity index (χ0n) is 15.4. The molecule has 2 heterocycles. The standard InChI is InChI=1S/C20H20N2O5/c1-4-26-16-7-6-14(9-17(16)25-3)20(24)27-12-15-10-19(23)22-11-13(2)5-8-18(22)21-15/h5-11H,4,12H2,1-3H3. The van der Waals surface area contributed by atoms with E-state index in [9.17, 15) is 9.59 Å². The Bertz CT molecular complexity index is 1040. The molecule has 0 atom stereocenters. The first kappa shape index (κ1) is 18.4. The molecule has 1 aromatic carbocycles. The van der Waals surface area contributed by atoms with Crippen molar-refractivity contribution >= 4 is 11.6 Å². The zero-order chi connectivity index (χ0) is 19.4. The van der Waals surface area contributed by atoms with Crippen molar-refractivity contribution in [2.24, 2.45) is 0 Å². The van der Waals surface area contributed by atoms with Crippen LogP contribution in [0.5, 0.6) is 11.5 Å². The fraction of sp³-hybridized carbons (Fsp3) is 0.250. The number of rotatable bonds is 6. The molecule has 0 saturated carbocycles. The van der Waals surface area contributed by atoms with Crippen molar-refractivity contribution in [1.29, 1.82) is 0 Å². The molecule has 0 aliphatic carbocycles. The van der Waals surface area contributed by atoms with Crippen molar-refractivity contribution in [1.82, 2.24) is 9.38 Å². The first-order chi connectivity index (χ1) is 13.0. The molecule has 0 N–H and O–H groups in total. The lowest BCUT2D eigenvalue weighted by Gasteiger charge is -2.11. The summed E-state index contributed by atoms with van der Waals surface area (Å²) in [7, 11) is 1.50. The summed E-state index contributed by atoms with van der Waals surface area (Å²) in [5, 5.41) is 0. The molecule has 0 fully saturated rings. The van der Waals surface area contributed by atoms with Gasteiger partial charge in [-0.1, -0.05) is 6.07 Å². The van der Waals surface area contributed by atoms with E-state index in [-0.39, 0.29) is 12.2 Å². The number of aromatic nitrogens is 2. The number of esters is 1. The predicted octanol–water partition coefficient (Wildman–Crippen LogP) is 2.77. The normalized spacial score (nSPS) is 10.6. The fourth-order valence-electron chi connectivity index (χ4n) is 2.62. The summed E-state index contributed by atoms with van der Waals surface area (Å²) >= 11 is 0. The molecular weight excluding hydrogens is 348 g/mol. The van der Waals surface area contributed by atoms with Crippen LogP contribution in [0.4, 0.5) is 0 Å². The summed E-state index contributed by atoms with van der Waals surface area (Å²) in [6, 6.07) is 9.78. The summed E-state index contributed by atoms with van der Waals surface area (Å²) in [6.07, 6.45) is 1.71. The molecule has 0 aliphatic heterocycles. The van der Waals surface area contributed by atoms with Crippen LogP contribution >= 0.6 is 0 Å². The second kappa shape index (κ2) is 7.90. The van der Waals surface area contributed by atoms with Gasteiger partial charge < -0.3 is 14.2 Å². The molecule has 7 heteroatoms. The van der Waals surface area contributed by atoms with Crippen LogP contribution in [0.2, 0.25) is 0 Å². The van der Waals surface area contributed by atoms with Crippen LogP contribution in [0.15, 0.2) is 47.4 Å². The van der Waals surface area contributed by atoms with Crippen LogP contribution in [0, 0.1) is 6.92 Å². The van der Waals surface area contributed by atoms with E-state index in [1.807, 2.05) is 19.9 Å². The van der Waals surface area contributed by atoms with Gasteiger partial charge in [0.2, 0.25) is 0 Å². The highest BCUT2D eigenvalue weighted by atomic mass is 16.5. The van der Waals surface area contributed by atoms with Gasteiger partial charge in [-0.15, -0.1) is 0 Å². The highest BCUT2D eigenvalue weighted by Gasteiger charge is 2.13.